The lowest BCUT2D eigenvalue weighted by molar-refractivity contribution is 0.0120. The van der Waals surface area contributed by atoms with Gasteiger partial charge < -0.3 is 15.9 Å². The zero-order valence-corrected chi connectivity index (χ0v) is 11.2. The molecular formula is C14H21N3O2. The molecule has 5 nitrogen and oxygen atoms in total. The molecule has 0 amide bonds. The van der Waals surface area contributed by atoms with Gasteiger partial charge >= 0.3 is 0 Å². The van der Waals surface area contributed by atoms with E-state index in [0.29, 0.717) is 18.7 Å². The molecule has 0 bridgehead atoms. The lowest BCUT2D eigenvalue weighted by Crippen LogP contribution is -2.24. The largest absolute Gasteiger partial charge is 0.390 e. The van der Waals surface area contributed by atoms with Crippen LogP contribution in [0.1, 0.15) is 43.9 Å². The van der Waals surface area contributed by atoms with Crippen molar-refractivity contribution in [2.75, 3.05) is 5.73 Å². The molecule has 0 saturated carbocycles. The first-order valence-corrected chi connectivity index (χ1v) is 6.78. The van der Waals surface area contributed by atoms with Gasteiger partial charge in [0.05, 0.1) is 17.9 Å². The molecule has 4 N–H and O–H groups in total. The highest BCUT2D eigenvalue weighted by Gasteiger charge is 2.19. The van der Waals surface area contributed by atoms with Crippen LogP contribution >= 0.6 is 0 Å². The van der Waals surface area contributed by atoms with E-state index >= 15 is 0 Å². The smallest absolute Gasteiger partial charge is 0.130 e. The van der Waals surface area contributed by atoms with Gasteiger partial charge in [0.25, 0.3) is 0 Å². The van der Waals surface area contributed by atoms with E-state index in [2.05, 4.69) is 16.0 Å². The second kappa shape index (κ2) is 6.12. The Balaban J connectivity index is 1.88. The van der Waals surface area contributed by atoms with E-state index in [-0.39, 0.29) is 0 Å². The fourth-order valence-corrected chi connectivity index (χ4v) is 2.41. The zero-order valence-electron chi connectivity index (χ0n) is 11.2. The Bertz CT molecular complexity index is 474. The molecule has 0 spiro atoms. The predicted octanol–water partition coefficient (Wildman–Crippen LogP) is 1.30. The highest BCUT2D eigenvalue weighted by atomic mass is 16.3. The van der Waals surface area contributed by atoms with Crippen molar-refractivity contribution in [3.05, 3.63) is 23.7 Å². The third-order valence-electron chi connectivity index (χ3n) is 3.64. The molecule has 104 valence electrons. The summed E-state index contributed by atoms with van der Waals surface area (Å²) >= 11 is 0. The van der Waals surface area contributed by atoms with E-state index in [4.69, 9.17) is 5.73 Å². The SMILES string of the molecule is CC[C@H](O)[C@@H](O)CCCC1=CCc2c(N)ncnc21. The van der Waals surface area contributed by atoms with Crippen molar-refractivity contribution < 1.29 is 10.2 Å². The molecule has 0 aromatic carbocycles. The number of aromatic nitrogens is 2. The fraction of sp³-hybridized carbons (Fsp3) is 0.571. The van der Waals surface area contributed by atoms with Gasteiger partial charge in [0.15, 0.2) is 0 Å². The Labute approximate surface area is 113 Å². The van der Waals surface area contributed by atoms with E-state index in [0.717, 1.165) is 30.5 Å². The molecule has 0 aliphatic heterocycles. The van der Waals surface area contributed by atoms with Crippen LogP contribution in [0.3, 0.4) is 0 Å². The van der Waals surface area contributed by atoms with Crippen LogP contribution in [0.4, 0.5) is 5.82 Å². The number of allylic oxidation sites excluding steroid dienone is 2. The van der Waals surface area contributed by atoms with Crippen molar-refractivity contribution in [1.29, 1.82) is 0 Å². The van der Waals surface area contributed by atoms with Gasteiger partial charge in [0, 0.05) is 5.56 Å². The maximum absolute atomic E-state index is 9.72. The van der Waals surface area contributed by atoms with Gasteiger partial charge in [0.1, 0.15) is 12.1 Å². The lowest BCUT2D eigenvalue weighted by atomic mass is 10.0. The molecule has 1 aliphatic rings. The van der Waals surface area contributed by atoms with Crippen LogP contribution < -0.4 is 5.73 Å². The summed E-state index contributed by atoms with van der Waals surface area (Å²) in [6, 6.07) is 0. The van der Waals surface area contributed by atoms with E-state index < -0.39 is 12.2 Å². The van der Waals surface area contributed by atoms with Gasteiger partial charge in [-0.15, -0.1) is 0 Å². The fourth-order valence-electron chi connectivity index (χ4n) is 2.41. The van der Waals surface area contributed by atoms with Crippen molar-refractivity contribution in [3.8, 4) is 0 Å². The average molecular weight is 263 g/mol. The zero-order chi connectivity index (χ0) is 13.8. The number of nitrogen functional groups attached to an aromatic ring is 1. The molecule has 1 aromatic rings. The summed E-state index contributed by atoms with van der Waals surface area (Å²) < 4.78 is 0. The Morgan fingerprint density at radius 1 is 1.32 bits per heavy atom. The summed E-state index contributed by atoms with van der Waals surface area (Å²) in [5.74, 6) is 0.553. The number of fused-ring (bicyclic) bond motifs is 1. The van der Waals surface area contributed by atoms with E-state index in [1.165, 1.54) is 11.9 Å². The van der Waals surface area contributed by atoms with Crippen LogP contribution in [0.15, 0.2) is 12.4 Å². The molecule has 1 aliphatic carbocycles. The van der Waals surface area contributed by atoms with Crippen LogP contribution in [-0.2, 0) is 6.42 Å². The summed E-state index contributed by atoms with van der Waals surface area (Å²) in [6.07, 6.45) is 5.99. The van der Waals surface area contributed by atoms with Gasteiger partial charge in [-0.3, -0.25) is 0 Å². The summed E-state index contributed by atoms with van der Waals surface area (Å²) in [5.41, 5.74) is 8.93. The summed E-state index contributed by atoms with van der Waals surface area (Å²) in [4.78, 5) is 8.27. The molecule has 0 radical (unpaired) electrons. The number of anilines is 1. The first-order chi connectivity index (χ1) is 9.13. The first-order valence-electron chi connectivity index (χ1n) is 6.78. The Morgan fingerprint density at radius 2 is 2.11 bits per heavy atom. The molecule has 0 fully saturated rings. The van der Waals surface area contributed by atoms with Crippen LogP contribution in [-0.4, -0.2) is 32.4 Å². The van der Waals surface area contributed by atoms with Crippen molar-refractivity contribution in [3.63, 3.8) is 0 Å². The standard InChI is InChI=1S/C14H21N3O2/c1-2-11(18)12(19)5-3-4-9-6-7-10-13(9)16-8-17-14(10)15/h6,8,11-12,18-19H,2-5,7H2,1H3,(H2,15,16,17)/t11-,12-/m0/s1. The molecule has 0 unspecified atom stereocenters. The van der Waals surface area contributed by atoms with Crippen molar-refractivity contribution in [1.82, 2.24) is 9.97 Å². The average Bonchev–Trinajstić information content (AvgIpc) is 2.82. The van der Waals surface area contributed by atoms with Crippen LogP contribution in [0.5, 0.6) is 0 Å². The number of aliphatic hydroxyl groups is 2. The minimum Gasteiger partial charge on any atom is -0.390 e. The van der Waals surface area contributed by atoms with Crippen LogP contribution in [0.25, 0.3) is 5.57 Å². The lowest BCUT2D eigenvalue weighted by Gasteiger charge is -2.15. The number of nitrogens with two attached hydrogens (primary N) is 1. The highest BCUT2D eigenvalue weighted by Crippen LogP contribution is 2.31. The third-order valence-corrected chi connectivity index (χ3v) is 3.64. The Kier molecular flexibility index (Phi) is 4.50. The minimum absolute atomic E-state index is 0.553. The van der Waals surface area contributed by atoms with Gasteiger partial charge in [-0.1, -0.05) is 13.0 Å². The van der Waals surface area contributed by atoms with E-state index in [9.17, 15) is 10.2 Å². The van der Waals surface area contributed by atoms with Gasteiger partial charge in [-0.2, -0.15) is 0 Å². The van der Waals surface area contributed by atoms with Crippen molar-refractivity contribution in [2.24, 2.45) is 0 Å². The maximum Gasteiger partial charge on any atom is 0.130 e. The second-order valence-electron chi connectivity index (χ2n) is 4.95. The molecule has 2 rings (SSSR count). The topological polar surface area (TPSA) is 92.3 Å². The molecule has 0 saturated heterocycles. The number of rotatable bonds is 6. The Hall–Kier alpha value is -1.46. The van der Waals surface area contributed by atoms with Crippen LogP contribution in [0, 0.1) is 0 Å². The monoisotopic (exact) mass is 263 g/mol. The van der Waals surface area contributed by atoms with Gasteiger partial charge in [-0.05, 0) is 37.7 Å². The summed E-state index contributed by atoms with van der Waals surface area (Å²) in [5, 5.41) is 19.2. The summed E-state index contributed by atoms with van der Waals surface area (Å²) in [6.45, 7) is 1.86. The predicted molar refractivity (Wildman–Crippen MR) is 74.3 cm³/mol. The quantitative estimate of drug-likeness (QED) is 0.719. The van der Waals surface area contributed by atoms with Gasteiger partial charge in [-0.25, -0.2) is 9.97 Å². The summed E-state index contributed by atoms with van der Waals surface area (Å²) in [7, 11) is 0. The first kappa shape index (κ1) is 14.0. The second-order valence-corrected chi connectivity index (χ2v) is 4.95. The van der Waals surface area contributed by atoms with Gasteiger partial charge in [0.2, 0.25) is 0 Å². The number of aliphatic hydroxyl groups excluding tert-OH is 2. The van der Waals surface area contributed by atoms with E-state index in [1.807, 2.05) is 6.92 Å². The molecule has 2 atom stereocenters. The highest BCUT2D eigenvalue weighted by molar-refractivity contribution is 5.73. The molecule has 5 heteroatoms. The maximum atomic E-state index is 9.72. The normalized spacial score (nSPS) is 16.9. The van der Waals surface area contributed by atoms with Crippen LogP contribution in [0.2, 0.25) is 0 Å². The van der Waals surface area contributed by atoms with E-state index in [1.54, 1.807) is 0 Å². The molecule has 1 aromatic heterocycles. The minimum atomic E-state index is -0.637. The molecule has 19 heavy (non-hydrogen) atoms. The Morgan fingerprint density at radius 3 is 2.84 bits per heavy atom. The van der Waals surface area contributed by atoms with Crippen molar-refractivity contribution >= 4 is 11.4 Å². The van der Waals surface area contributed by atoms with Crippen molar-refractivity contribution in [2.45, 2.75) is 51.2 Å². The third kappa shape index (κ3) is 3.11. The molecule has 1 heterocycles. The number of nitrogens with zero attached hydrogens (tertiary/aromatic N) is 2. The number of hydrogen-bond donors (Lipinski definition) is 3. The number of hydrogen-bond acceptors (Lipinski definition) is 5. The molecular weight excluding hydrogens is 242 g/mol.